The van der Waals surface area contributed by atoms with Crippen LogP contribution >= 0.6 is 0 Å². The second kappa shape index (κ2) is 4.03. The number of halogens is 1. The van der Waals surface area contributed by atoms with Crippen LogP contribution in [0.4, 0.5) is 4.39 Å². The highest BCUT2D eigenvalue weighted by atomic mass is 19.1. The Bertz CT molecular complexity index is 533. The molecule has 2 N–H and O–H groups in total. The van der Waals surface area contributed by atoms with Gasteiger partial charge in [-0.2, -0.15) is 0 Å². The molecule has 2 heterocycles. The zero-order chi connectivity index (χ0) is 11.7. The van der Waals surface area contributed by atoms with Gasteiger partial charge in [-0.15, -0.1) is 0 Å². The molecule has 86 valence electrons. The normalized spacial score (nSPS) is 24.5. The second-order valence-electron chi connectivity index (χ2n) is 3.28. The summed E-state index contributed by atoms with van der Waals surface area (Å²) in [5, 5.41) is 8.78. The molecule has 1 aliphatic rings. The van der Waals surface area contributed by atoms with E-state index in [2.05, 4.69) is 0 Å². The first-order chi connectivity index (χ1) is 7.61. The van der Waals surface area contributed by atoms with E-state index in [-0.39, 0.29) is 6.61 Å². The van der Waals surface area contributed by atoms with Crippen LogP contribution in [-0.4, -0.2) is 27.4 Å². The van der Waals surface area contributed by atoms with Gasteiger partial charge in [0.2, 0.25) is 0 Å². The lowest BCUT2D eigenvalue weighted by Crippen LogP contribution is -2.32. The summed E-state index contributed by atoms with van der Waals surface area (Å²) >= 11 is 0. The minimum atomic E-state index is -1.22. The van der Waals surface area contributed by atoms with Gasteiger partial charge in [0.25, 0.3) is 5.56 Å². The SMILES string of the molecule is O=c1ccn(C2OC(CO)C=C2F)c(=O)[nH]1. The maximum Gasteiger partial charge on any atom is 0.330 e. The molecule has 0 fully saturated rings. The fourth-order valence-electron chi connectivity index (χ4n) is 1.44. The molecular formula is C9H9FN2O4. The molecule has 7 heteroatoms. The Morgan fingerprint density at radius 1 is 1.56 bits per heavy atom. The van der Waals surface area contributed by atoms with Gasteiger partial charge in [-0.25, -0.2) is 9.18 Å². The standard InChI is InChI=1S/C9H9FN2O4/c10-6-3-5(4-13)16-8(6)12-2-1-7(14)11-9(12)15/h1-3,5,8,13H,4H2,(H,11,14,15). The molecule has 16 heavy (non-hydrogen) atoms. The number of aliphatic hydroxyl groups is 1. The number of nitrogens with zero attached hydrogens (tertiary/aromatic N) is 1. The molecule has 2 atom stereocenters. The first-order valence-electron chi connectivity index (χ1n) is 4.57. The van der Waals surface area contributed by atoms with E-state index in [1.807, 2.05) is 4.98 Å². The van der Waals surface area contributed by atoms with Gasteiger partial charge in [-0.1, -0.05) is 0 Å². The van der Waals surface area contributed by atoms with Crippen molar-refractivity contribution in [2.45, 2.75) is 12.3 Å². The highest BCUT2D eigenvalue weighted by Gasteiger charge is 2.29. The molecule has 0 saturated heterocycles. The minimum Gasteiger partial charge on any atom is -0.393 e. The minimum absolute atomic E-state index is 0.373. The third-order valence-corrected chi connectivity index (χ3v) is 2.17. The molecule has 0 aromatic carbocycles. The fourth-order valence-corrected chi connectivity index (χ4v) is 1.44. The Hall–Kier alpha value is -1.73. The van der Waals surface area contributed by atoms with Crippen molar-refractivity contribution in [2.24, 2.45) is 0 Å². The van der Waals surface area contributed by atoms with Crippen molar-refractivity contribution in [3.63, 3.8) is 0 Å². The molecule has 0 aliphatic carbocycles. The Morgan fingerprint density at radius 3 is 2.88 bits per heavy atom. The number of H-pyrrole nitrogens is 1. The largest absolute Gasteiger partial charge is 0.393 e. The Morgan fingerprint density at radius 2 is 2.31 bits per heavy atom. The predicted molar refractivity (Wildman–Crippen MR) is 51.5 cm³/mol. The lowest BCUT2D eigenvalue weighted by atomic mass is 10.3. The van der Waals surface area contributed by atoms with E-state index in [9.17, 15) is 14.0 Å². The average molecular weight is 228 g/mol. The maximum atomic E-state index is 13.4. The predicted octanol–water partition coefficient (Wildman–Crippen LogP) is -0.720. The van der Waals surface area contributed by atoms with Gasteiger partial charge in [0.15, 0.2) is 6.23 Å². The van der Waals surface area contributed by atoms with Crippen LogP contribution in [0.2, 0.25) is 0 Å². The third kappa shape index (κ3) is 1.82. The molecule has 2 unspecified atom stereocenters. The summed E-state index contributed by atoms with van der Waals surface area (Å²) < 4.78 is 19.3. The van der Waals surface area contributed by atoms with E-state index < -0.39 is 29.4 Å². The van der Waals surface area contributed by atoms with Crippen LogP contribution in [0.15, 0.2) is 33.8 Å². The number of aromatic nitrogens is 2. The van der Waals surface area contributed by atoms with Crippen LogP contribution in [-0.2, 0) is 4.74 Å². The molecule has 2 rings (SSSR count). The van der Waals surface area contributed by atoms with Gasteiger partial charge in [0, 0.05) is 12.3 Å². The fraction of sp³-hybridized carbons (Fsp3) is 0.333. The summed E-state index contributed by atoms with van der Waals surface area (Å²) in [6, 6.07) is 1.09. The quantitative estimate of drug-likeness (QED) is 0.699. The number of hydrogen-bond acceptors (Lipinski definition) is 4. The first kappa shape index (κ1) is 10.8. The van der Waals surface area contributed by atoms with Crippen LogP contribution < -0.4 is 11.2 Å². The summed E-state index contributed by atoms with van der Waals surface area (Å²) in [4.78, 5) is 24.1. The smallest absolute Gasteiger partial charge is 0.330 e. The van der Waals surface area contributed by atoms with E-state index in [4.69, 9.17) is 9.84 Å². The molecule has 1 aromatic heterocycles. The Balaban J connectivity index is 2.37. The van der Waals surface area contributed by atoms with Crippen molar-refractivity contribution in [2.75, 3.05) is 6.61 Å². The van der Waals surface area contributed by atoms with Crippen molar-refractivity contribution in [3.05, 3.63) is 45.0 Å². The molecule has 0 spiro atoms. The van der Waals surface area contributed by atoms with Crippen LogP contribution in [0, 0.1) is 0 Å². The highest BCUT2D eigenvalue weighted by Crippen LogP contribution is 2.27. The van der Waals surface area contributed by atoms with E-state index in [0.717, 1.165) is 22.9 Å². The van der Waals surface area contributed by atoms with Crippen molar-refractivity contribution < 1.29 is 14.2 Å². The van der Waals surface area contributed by atoms with Crippen molar-refractivity contribution in [1.29, 1.82) is 0 Å². The van der Waals surface area contributed by atoms with Crippen molar-refractivity contribution in [1.82, 2.24) is 9.55 Å². The number of aliphatic hydroxyl groups excluding tert-OH is 1. The number of ether oxygens (including phenoxy) is 1. The van der Waals surface area contributed by atoms with Crippen LogP contribution in [0.25, 0.3) is 0 Å². The second-order valence-corrected chi connectivity index (χ2v) is 3.28. The molecule has 0 saturated carbocycles. The van der Waals surface area contributed by atoms with Gasteiger partial charge >= 0.3 is 5.69 Å². The topological polar surface area (TPSA) is 84.3 Å². The Labute approximate surface area is 88.6 Å². The van der Waals surface area contributed by atoms with Crippen LogP contribution in [0.5, 0.6) is 0 Å². The van der Waals surface area contributed by atoms with Gasteiger partial charge in [0.1, 0.15) is 11.9 Å². The van der Waals surface area contributed by atoms with Crippen LogP contribution in [0.1, 0.15) is 6.23 Å². The number of aromatic amines is 1. The van der Waals surface area contributed by atoms with Gasteiger partial charge in [-0.3, -0.25) is 14.3 Å². The summed E-state index contributed by atoms with van der Waals surface area (Å²) in [6.07, 6.45) is 0.228. The summed E-state index contributed by atoms with van der Waals surface area (Å²) in [7, 11) is 0. The lowest BCUT2D eigenvalue weighted by molar-refractivity contribution is -0.0214. The van der Waals surface area contributed by atoms with Crippen molar-refractivity contribution in [3.8, 4) is 0 Å². The van der Waals surface area contributed by atoms with Crippen LogP contribution in [0.3, 0.4) is 0 Å². The monoisotopic (exact) mass is 228 g/mol. The van der Waals surface area contributed by atoms with E-state index in [1.54, 1.807) is 0 Å². The van der Waals surface area contributed by atoms with Crippen molar-refractivity contribution >= 4 is 0 Å². The van der Waals surface area contributed by atoms with Gasteiger partial charge in [-0.05, 0) is 6.08 Å². The first-order valence-corrected chi connectivity index (χ1v) is 4.57. The zero-order valence-corrected chi connectivity index (χ0v) is 8.09. The number of hydrogen-bond donors (Lipinski definition) is 2. The summed E-state index contributed by atoms with van der Waals surface area (Å²) in [5.41, 5.74) is -1.33. The summed E-state index contributed by atoms with van der Waals surface area (Å²) in [6.45, 7) is -0.373. The maximum absolute atomic E-state index is 13.4. The molecule has 0 radical (unpaired) electrons. The Kier molecular flexibility index (Phi) is 2.71. The lowest BCUT2D eigenvalue weighted by Gasteiger charge is -2.14. The molecule has 0 bridgehead atoms. The molecule has 1 aromatic rings. The molecule has 1 aliphatic heterocycles. The highest BCUT2D eigenvalue weighted by molar-refractivity contribution is 5.08. The number of rotatable bonds is 2. The number of nitrogens with one attached hydrogen (secondary N) is 1. The zero-order valence-electron chi connectivity index (χ0n) is 8.09. The summed E-state index contributed by atoms with van der Waals surface area (Å²) in [5.74, 6) is -0.673. The molecule has 6 nitrogen and oxygen atoms in total. The van der Waals surface area contributed by atoms with Gasteiger partial charge in [0.05, 0.1) is 6.61 Å². The average Bonchev–Trinajstić information content (AvgIpc) is 2.60. The molecule has 0 amide bonds. The molecular weight excluding hydrogens is 219 g/mol. The van der Waals surface area contributed by atoms with E-state index in [0.29, 0.717) is 0 Å². The van der Waals surface area contributed by atoms with E-state index in [1.165, 1.54) is 0 Å². The van der Waals surface area contributed by atoms with E-state index >= 15 is 0 Å². The third-order valence-electron chi connectivity index (χ3n) is 2.17. The van der Waals surface area contributed by atoms with Gasteiger partial charge < -0.3 is 9.84 Å².